The lowest BCUT2D eigenvalue weighted by atomic mass is 10.2. The first-order chi connectivity index (χ1) is 10.9. The van der Waals surface area contributed by atoms with Crippen LogP contribution in [0.1, 0.15) is 15.9 Å². The molecule has 0 radical (unpaired) electrons. The highest BCUT2D eigenvalue weighted by atomic mass is 32.1. The molecule has 0 saturated heterocycles. The number of phenolic OH excluding ortho intramolecular Hbond substituents is 1. The lowest BCUT2D eigenvalue weighted by Crippen LogP contribution is -2.34. The van der Waals surface area contributed by atoms with E-state index in [0.29, 0.717) is 5.69 Å². The zero-order valence-electron chi connectivity index (χ0n) is 12.1. The number of nitro groups is 1. The van der Waals surface area contributed by atoms with E-state index in [1.165, 1.54) is 30.3 Å². The van der Waals surface area contributed by atoms with Crippen LogP contribution in [0.25, 0.3) is 0 Å². The number of thiocarbonyl (C=S) groups is 1. The maximum Gasteiger partial charge on any atom is 0.269 e. The maximum atomic E-state index is 12.0. The summed E-state index contributed by atoms with van der Waals surface area (Å²) in [4.78, 5) is 22.0. The van der Waals surface area contributed by atoms with Crippen molar-refractivity contribution < 1.29 is 14.8 Å². The van der Waals surface area contributed by atoms with Gasteiger partial charge in [-0.25, -0.2) is 0 Å². The van der Waals surface area contributed by atoms with E-state index in [1.54, 1.807) is 12.1 Å². The van der Waals surface area contributed by atoms with Crippen LogP contribution in [0.4, 0.5) is 11.4 Å². The number of hydrogen-bond donors (Lipinski definition) is 3. The van der Waals surface area contributed by atoms with Gasteiger partial charge in [0.15, 0.2) is 5.11 Å². The Morgan fingerprint density at radius 1 is 1.22 bits per heavy atom. The van der Waals surface area contributed by atoms with E-state index in [-0.39, 0.29) is 22.1 Å². The predicted octanol–water partition coefficient (Wildman–Crippen LogP) is 2.74. The second kappa shape index (κ2) is 6.84. The SMILES string of the molecule is Cc1ccc(O)c(NC(=S)NC(=O)c2ccc([N+](=O)[O-])cc2)c1. The van der Waals surface area contributed by atoms with Crippen LogP contribution in [0.5, 0.6) is 5.75 Å². The van der Waals surface area contributed by atoms with Crippen molar-refractivity contribution in [3.8, 4) is 5.75 Å². The normalized spacial score (nSPS) is 9.96. The van der Waals surface area contributed by atoms with Crippen molar-refractivity contribution >= 4 is 34.6 Å². The Labute approximate surface area is 137 Å². The summed E-state index contributed by atoms with van der Waals surface area (Å²) in [7, 11) is 0. The zero-order valence-corrected chi connectivity index (χ0v) is 12.9. The summed E-state index contributed by atoms with van der Waals surface area (Å²) in [6, 6.07) is 10.1. The molecule has 7 nitrogen and oxygen atoms in total. The first-order valence-corrected chi connectivity index (χ1v) is 6.94. The number of benzene rings is 2. The van der Waals surface area contributed by atoms with Gasteiger partial charge in [-0.2, -0.15) is 0 Å². The topological polar surface area (TPSA) is 104 Å². The van der Waals surface area contributed by atoms with E-state index >= 15 is 0 Å². The molecule has 3 N–H and O–H groups in total. The first kappa shape index (κ1) is 16.4. The molecule has 0 unspecified atom stereocenters. The number of aryl methyl sites for hydroxylation is 1. The highest BCUT2D eigenvalue weighted by Gasteiger charge is 2.11. The van der Waals surface area contributed by atoms with Crippen molar-refractivity contribution in [2.24, 2.45) is 0 Å². The van der Waals surface area contributed by atoms with E-state index in [1.807, 2.05) is 6.92 Å². The average molecular weight is 331 g/mol. The van der Waals surface area contributed by atoms with E-state index in [4.69, 9.17) is 12.2 Å². The Morgan fingerprint density at radius 3 is 2.48 bits per heavy atom. The molecule has 1 amide bonds. The monoisotopic (exact) mass is 331 g/mol. The molecule has 0 aliphatic heterocycles. The van der Waals surface area contributed by atoms with Crippen molar-refractivity contribution in [2.75, 3.05) is 5.32 Å². The second-order valence-electron chi connectivity index (χ2n) is 4.73. The number of carbonyl (C=O) groups excluding carboxylic acids is 1. The van der Waals surface area contributed by atoms with Crippen LogP contribution < -0.4 is 10.6 Å². The fourth-order valence-electron chi connectivity index (χ4n) is 1.81. The van der Waals surface area contributed by atoms with Gasteiger partial charge in [0.1, 0.15) is 5.75 Å². The van der Waals surface area contributed by atoms with E-state index in [0.717, 1.165) is 5.56 Å². The molecule has 0 atom stereocenters. The van der Waals surface area contributed by atoms with Gasteiger partial charge < -0.3 is 10.4 Å². The minimum Gasteiger partial charge on any atom is -0.506 e. The van der Waals surface area contributed by atoms with Crippen LogP contribution in [0.15, 0.2) is 42.5 Å². The van der Waals surface area contributed by atoms with Crippen molar-refractivity contribution in [1.29, 1.82) is 0 Å². The molecule has 0 spiro atoms. The third-order valence-electron chi connectivity index (χ3n) is 2.97. The Balaban J connectivity index is 2.03. The molecule has 23 heavy (non-hydrogen) atoms. The Kier molecular flexibility index (Phi) is 4.87. The van der Waals surface area contributed by atoms with Gasteiger partial charge in [-0.15, -0.1) is 0 Å². The molecular weight excluding hydrogens is 318 g/mol. The molecule has 0 aromatic heterocycles. The number of nitro benzene ring substituents is 1. The van der Waals surface area contributed by atoms with E-state index in [9.17, 15) is 20.0 Å². The fourth-order valence-corrected chi connectivity index (χ4v) is 2.02. The van der Waals surface area contributed by atoms with Crippen LogP contribution in [0.3, 0.4) is 0 Å². The Bertz CT molecular complexity index is 775. The van der Waals surface area contributed by atoms with Crippen LogP contribution in [-0.2, 0) is 0 Å². The number of nitrogens with zero attached hydrogens (tertiary/aromatic N) is 1. The molecule has 8 heteroatoms. The van der Waals surface area contributed by atoms with Crippen molar-refractivity contribution in [3.05, 3.63) is 63.7 Å². The fraction of sp³-hybridized carbons (Fsp3) is 0.0667. The number of anilines is 1. The lowest BCUT2D eigenvalue weighted by Gasteiger charge is -2.11. The van der Waals surface area contributed by atoms with E-state index in [2.05, 4.69) is 10.6 Å². The van der Waals surface area contributed by atoms with Crippen molar-refractivity contribution in [2.45, 2.75) is 6.92 Å². The number of hydrogen-bond acceptors (Lipinski definition) is 5. The highest BCUT2D eigenvalue weighted by molar-refractivity contribution is 7.80. The number of non-ortho nitro benzene ring substituents is 1. The Morgan fingerprint density at radius 2 is 1.87 bits per heavy atom. The maximum absolute atomic E-state index is 12.0. The van der Waals surface area contributed by atoms with Gasteiger partial charge in [-0.05, 0) is 49.0 Å². The van der Waals surface area contributed by atoms with Gasteiger partial charge in [-0.3, -0.25) is 20.2 Å². The van der Waals surface area contributed by atoms with Crippen molar-refractivity contribution in [3.63, 3.8) is 0 Å². The van der Waals surface area contributed by atoms with Gasteiger partial charge in [0.25, 0.3) is 11.6 Å². The lowest BCUT2D eigenvalue weighted by molar-refractivity contribution is -0.384. The summed E-state index contributed by atoms with van der Waals surface area (Å²) in [5.74, 6) is -0.507. The number of carbonyl (C=O) groups is 1. The number of phenols is 1. The van der Waals surface area contributed by atoms with Crippen LogP contribution >= 0.6 is 12.2 Å². The molecule has 0 aliphatic rings. The third kappa shape index (κ3) is 4.24. The molecule has 0 heterocycles. The van der Waals surface area contributed by atoms with Gasteiger partial charge in [0.05, 0.1) is 10.6 Å². The third-order valence-corrected chi connectivity index (χ3v) is 3.17. The summed E-state index contributed by atoms with van der Waals surface area (Å²) in [5, 5.41) is 25.5. The Hall–Kier alpha value is -3.00. The highest BCUT2D eigenvalue weighted by Crippen LogP contribution is 2.23. The smallest absolute Gasteiger partial charge is 0.269 e. The van der Waals surface area contributed by atoms with Crippen LogP contribution in [-0.4, -0.2) is 21.0 Å². The molecule has 0 saturated carbocycles. The van der Waals surface area contributed by atoms with Crippen LogP contribution in [0.2, 0.25) is 0 Å². The summed E-state index contributed by atoms with van der Waals surface area (Å²) in [6.45, 7) is 1.85. The standard InChI is InChI=1S/C15H13N3O4S/c1-9-2-7-13(19)12(8-9)16-15(23)17-14(20)10-3-5-11(6-4-10)18(21)22/h2-8,19H,1H3,(H2,16,17,20,23). The molecule has 2 rings (SSSR count). The summed E-state index contributed by atoms with van der Waals surface area (Å²) >= 11 is 5.02. The van der Waals surface area contributed by atoms with E-state index < -0.39 is 10.8 Å². The minimum atomic E-state index is -0.547. The largest absolute Gasteiger partial charge is 0.506 e. The van der Waals surface area contributed by atoms with Crippen molar-refractivity contribution in [1.82, 2.24) is 5.32 Å². The minimum absolute atomic E-state index is 0.00235. The summed E-state index contributed by atoms with van der Waals surface area (Å²) in [5.41, 5.74) is 1.41. The van der Waals surface area contributed by atoms with Gasteiger partial charge in [-0.1, -0.05) is 6.07 Å². The number of aromatic hydroxyl groups is 1. The second-order valence-corrected chi connectivity index (χ2v) is 5.14. The van der Waals surface area contributed by atoms with Crippen LogP contribution in [0, 0.1) is 17.0 Å². The molecule has 2 aromatic rings. The molecule has 0 aliphatic carbocycles. The number of amides is 1. The molecule has 2 aromatic carbocycles. The quantitative estimate of drug-likeness (QED) is 0.346. The molecular formula is C15H13N3O4S. The van der Waals surface area contributed by atoms with Gasteiger partial charge in [0, 0.05) is 17.7 Å². The summed E-state index contributed by atoms with van der Waals surface area (Å²) < 4.78 is 0. The predicted molar refractivity (Wildman–Crippen MR) is 89.6 cm³/mol. The molecule has 118 valence electrons. The van der Waals surface area contributed by atoms with Gasteiger partial charge >= 0.3 is 0 Å². The number of rotatable bonds is 3. The molecule has 0 bridgehead atoms. The number of nitrogens with one attached hydrogen (secondary N) is 2. The molecule has 0 fully saturated rings. The van der Waals surface area contributed by atoms with Gasteiger partial charge in [0.2, 0.25) is 0 Å². The first-order valence-electron chi connectivity index (χ1n) is 6.53. The average Bonchev–Trinajstić information content (AvgIpc) is 2.51. The summed E-state index contributed by atoms with van der Waals surface area (Å²) in [6.07, 6.45) is 0. The zero-order chi connectivity index (χ0) is 17.0.